The molecule has 3 nitrogen and oxygen atoms in total. The van der Waals surface area contributed by atoms with Crippen molar-refractivity contribution in [1.29, 1.82) is 0 Å². The lowest BCUT2D eigenvalue weighted by Gasteiger charge is -2.31. The van der Waals surface area contributed by atoms with Gasteiger partial charge in [0.1, 0.15) is 11.9 Å². The van der Waals surface area contributed by atoms with Crippen molar-refractivity contribution >= 4 is 0 Å². The van der Waals surface area contributed by atoms with Crippen LogP contribution in [0.3, 0.4) is 0 Å². The molecule has 3 atom stereocenters. The summed E-state index contributed by atoms with van der Waals surface area (Å²) in [5.41, 5.74) is 0.884. The number of benzene rings is 1. The van der Waals surface area contributed by atoms with Crippen LogP contribution in [0.25, 0.3) is 0 Å². The molecule has 0 heterocycles. The zero-order valence-corrected chi connectivity index (χ0v) is 12.5. The first-order chi connectivity index (χ1) is 9.74. The largest absolute Gasteiger partial charge is 0.497 e. The van der Waals surface area contributed by atoms with Gasteiger partial charge in [0.25, 0.3) is 0 Å². The summed E-state index contributed by atoms with van der Waals surface area (Å²) >= 11 is 0. The van der Waals surface area contributed by atoms with E-state index in [1.165, 1.54) is 25.7 Å². The summed E-state index contributed by atoms with van der Waals surface area (Å²) in [5.74, 6) is 1.46. The normalized spacial score (nSPS) is 24.4. The van der Waals surface area contributed by atoms with Gasteiger partial charge in [-0.1, -0.05) is 38.3 Å². The lowest BCUT2D eigenvalue weighted by Crippen LogP contribution is -2.28. The van der Waals surface area contributed by atoms with Gasteiger partial charge in [-0.2, -0.15) is 0 Å². The average molecular weight is 278 g/mol. The van der Waals surface area contributed by atoms with E-state index in [9.17, 15) is 5.11 Å². The summed E-state index contributed by atoms with van der Waals surface area (Å²) in [6.07, 6.45) is 5.90. The lowest BCUT2D eigenvalue weighted by atomic mass is 9.85. The molecule has 1 aliphatic carbocycles. The van der Waals surface area contributed by atoms with Crippen molar-refractivity contribution in [2.75, 3.05) is 13.7 Å². The zero-order chi connectivity index (χ0) is 14.4. The lowest BCUT2D eigenvalue weighted by molar-refractivity contribution is -0.0514. The minimum Gasteiger partial charge on any atom is -0.497 e. The molecule has 0 aliphatic heterocycles. The maximum absolute atomic E-state index is 10.2. The predicted molar refractivity (Wildman–Crippen MR) is 79.9 cm³/mol. The van der Waals surface area contributed by atoms with Crippen LogP contribution in [0.1, 0.15) is 50.7 Å². The minimum absolute atomic E-state index is 0.321. The average Bonchev–Trinajstić information content (AvgIpc) is 2.53. The van der Waals surface area contributed by atoms with E-state index in [0.717, 1.165) is 17.7 Å². The molecule has 1 aromatic carbocycles. The summed E-state index contributed by atoms with van der Waals surface area (Å²) in [5, 5.41) is 10.2. The number of hydrogen-bond donors (Lipinski definition) is 1. The first-order valence-electron chi connectivity index (χ1n) is 7.68. The van der Waals surface area contributed by atoms with Crippen LogP contribution in [0.15, 0.2) is 24.3 Å². The van der Waals surface area contributed by atoms with Crippen molar-refractivity contribution in [1.82, 2.24) is 0 Å². The van der Waals surface area contributed by atoms with Crippen LogP contribution < -0.4 is 4.74 Å². The van der Waals surface area contributed by atoms with Gasteiger partial charge < -0.3 is 14.6 Å². The number of methoxy groups -OCH3 is 1. The van der Waals surface area contributed by atoms with Crippen molar-refractivity contribution in [3.63, 3.8) is 0 Å². The molecule has 0 aromatic heterocycles. The number of aliphatic hydroxyl groups is 1. The number of rotatable bonds is 6. The molecule has 20 heavy (non-hydrogen) atoms. The molecule has 0 saturated heterocycles. The molecule has 1 fully saturated rings. The summed E-state index contributed by atoms with van der Waals surface area (Å²) in [6.45, 7) is 2.61. The molecule has 1 saturated carbocycles. The van der Waals surface area contributed by atoms with Crippen LogP contribution >= 0.6 is 0 Å². The molecule has 112 valence electrons. The second kappa shape index (κ2) is 7.65. The molecule has 1 aromatic rings. The van der Waals surface area contributed by atoms with Gasteiger partial charge in [-0.05, 0) is 36.5 Å². The highest BCUT2D eigenvalue weighted by Gasteiger charge is 2.25. The molecular weight excluding hydrogens is 252 g/mol. The Hall–Kier alpha value is -1.06. The Morgan fingerprint density at radius 2 is 1.90 bits per heavy atom. The van der Waals surface area contributed by atoms with Crippen molar-refractivity contribution < 1.29 is 14.6 Å². The smallest absolute Gasteiger partial charge is 0.118 e. The summed E-state index contributed by atoms with van der Waals surface area (Å²) in [7, 11) is 1.64. The van der Waals surface area contributed by atoms with Gasteiger partial charge in [-0.15, -0.1) is 0 Å². The summed E-state index contributed by atoms with van der Waals surface area (Å²) in [6, 6.07) is 7.53. The fourth-order valence-electron chi connectivity index (χ4n) is 3.00. The summed E-state index contributed by atoms with van der Waals surface area (Å²) < 4.78 is 11.1. The van der Waals surface area contributed by atoms with E-state index < -0.39 is 6.10 Å². The molecule has 0 radical (unpaired) electrons. The van der Waals surface area contributed by atoms with E-state index in [4.69, 9.17) is 9.47 Å². The quantitative estimate of drug-likeness (QED) is 0.862. The highest BCUT2D eigenvalue weighted by molar-refractivity contribution is 5.28. The molecule has 0 spiro atoms. The van der Waals surface area contributed by atoms with Gasteiger partial charge in [0.2, 0.25) is 0 Å². The summed E-state index contributed by atoms with van der Waals surface area (Å²) in [4.78, 5) is 0. The Bertz CT molecular complexity index is 388. The fraction of sp³-hybridized carbons (Fsp3) is 0.647. The van der Waals surface area contributed by atoms with Gasteiger partial charge in [-0.3, -0.25) is 0 Å². The third kappa shape index (κ3) is 3.97. The molecule has 1 aliphatic rings. The van der Waals surface area contributed by atoms with Crippen molar-refractivity contribution in [3.8, 4) is 5.75 Å². The van der Waals surface area contributed by atoms with Crippen LogP contribution in [-0.4, -0.2) is 24.9 Å². The topological polar surface area (TPSA) is 38.7 Å². The third-order valence-electron chi connectivity index (χ3n) is 4.33. The standard InChI is InChI=1S/C17H26O3/c1-3-13-6-4-5-7-17(13)20-12-16(18)14-8-10-15(19-2)11-9-14/h8-11,13,16-18H,3-7,12H2,1-2H3. The first kappa shape index (κ1) is 15.3. The van der Waals surface area contributed by atoms with Crippen molar-refractivity contribution in [2.24, 2.45) is 5.92 Å². The molecule has 1 N–H and O–H groups in total. The fourth-order valence-corrected chi connectivity index (χ4v) is 3.00. The first-order valence-corrected chi connectivity index (χ1v) is 7.68. The Labute approximate surface area is 121 Å². The van der Waals surface area contributed by atoms with E-state index in [0.29, 0.717) is 18.6 Å². The van der Waals surface area contributed by atoms with E-state index in [1.54, 1.807) is 7.11 Å². The third-order valence-corrected chi connectivity index (χ3v) is 4.33. The van der Waals surface area contributed by atoms with Crippen molar-refractivity contribution in [2.45, 2.75) is 51.2 Å². The second-order valence-electron chi connectivity index (χ2n) is 5.61. The van der Waals surface area contributed by atoms with Crippen LogP contribution in [0.4, 0.5) is 0 Å². The second-order valence-corrected chi connectivity index (χ2v) is 5.61. The Balaban J connectivity index is 1.85. The number of aliphatic hydroxyl groups excluding tert-OH is 1. The van der Waals surface area contributed by atoms with Gasteiger partial charge in [0.05, 0.1) is 19.8 Å². The van der Waals surface area contributed by atoms with E-state index in [2.05, 4.69) is 6.92 Å². The predicted octanol–water partition coefficient (Wildman–Crippen LogP) is 3.71. The van der Waals surface area contributed by atoms with Crippen LogP contribution in [0, 0.1) is 5.92 Å². The molecule has 3 heteroatoms. The van der Waals surface area contributed by atoms with E-state index in [1.807, 2.05) is 24.3 Å². The molecular formula is C17H26O3. The Morgan fingerprint density at radius 3 is 2.55 bits per heavy atom. The molecule has 2 rings (SSSR count). The molecule has 0 amide bonds. The number of hydrogen-bond acceptors (Lipinski definition) is 3. The maximum Gasteiger partial charge on any atom is 0.118 e. The highest BCUT2D eigenvalue weighted by Crippen LogP contribution is 2.30. The Kier molecular flexibility index (Phi) is 5.86. The SMILES string of the molecule is CCC1CCCCC1OCC(O)c1ccc(OC)cc1. The maximum atomic E-state index is 10.2. The Morgan fingerprint density at radius 1 is 1.20 bits per heavy atom. The van der Waals surface area contributed by atoms with Gasteiger partial charge >= 0.3 is 0 Å². The van der Waals surface area contributed by atoms with Crippen LogP contribution in [0.2, 0.25) is 0 Å². The monoisotopic (exact) mass is 278 g/mol. The minimum atomic E-state index is -0.555. The van der Waals surface area contributed by atoms with Crippen LogP contribution in [-0.2, 0) is 4.74 Å². The van der Waals surface area contributed by atoms with Gasteiger partial charge in [-0.25, -0.2) is 0 Å². The molecule has 0 bridgehead atoms. The number of ether oxygens (including phenoxy) is 2. The van der Waals surface area contributed by atoms with Crippen molar-refractivity contribution in [3.05, 3.63) is 29.8 Å². The van der Waals surface area contributed by atoms with Gasteiger partial charge in [0, 0.05) is 0 Å². The van der Waals surface area contributed by atoms with Gasteiger partial charge in [0.15, 0.2) is 0 Å². The highest BCUT2D eigenvalue weighted by atomic mass is 16.5. The van der Waals surface area contributed by atoms with E-state index in [-0.39, 0.29) is 0 Å². The van der Waals surface area contributed by atoms with E-state index >= 15 is 0 Å². The zero-order valence-electron chi connectivity index (χ0n) is 12.5. The molecule has 3 unspecified atom stereocenters. The van der Waals surface area contributed by atoms with Crippen LogP contribution in [0.5, 0.6) is 5.75 Å².